The van der Waals surface area contributed by atoms with Crippen molar-refractivity contribution in [3.63, 3.8) is 0 Å². The SMILES string of the molecule is CNC(=O)Cn1ncc2c(F)cc(/C=C(\C)[C@H]3OC(=O)C[C@H](O)CC[C@H](C)[C@@H](OC(=O)N4CCN(C)CC4)/C=C\[C@@H]3C)cc21. The number of amides is 2. The highest BCUT2D eigenvalue weighted by atomic mass is 19.1. The maximum Gasteiger partial charge on any atom is 0.410 e. The zero-order valence-corrected chi connectivity index (χ0v) is 26.2. The molecule has 44 heavy (non-hydrogen) atoms. The third-order valence-electron chi connectivity index (χ3n) is 8.41. The summed E-state index contributed by atoms with van der Waals surface area (Å²) in [6, 6.07) is 3.10. The Morgan fingerprint density at radius 2 is 1.91 bits per heavy atom. The van der Waals surface area contributed by atoms with Gasteiger partial charge in [0, 0.05) is 39.1 Å². The molecule has 2 N–H and O–H groups in total. The number of ether oxygens (including phenoxy) is 2. The summed E-state index contributed by atoms with van der Waals surface area (Å²) in [7, 11) is 3.54. The van der Waals surface area contributed by atoms with E-state index in [2.05, 4.69) is 15.3 Å². The van der Waals surface area contributed by atoms with Gasteiger partial charge in [0.15, 0.2) is 0 Å². The van der Waals surface area contributed by atoms with Crippen molar-refractivity contribution in [1.29, 1.82) is 0 Å². The molecule has 3 heterocycles. The van der Waals surface area contributed by atoms with Gasteiger partial charge in [-0.3, -0.25) is 14.3 Å². The average molecular weight is 614 g/mol. The number of carbonyl (C=O) groups is 3. The number of piperazine rings is 1. The predicted molar refractivity (Wildman–Crippen MR) is 164 cm³/mol. The van der Waals surface area contributed by atoms with Crippen LogP contribution in [0.4, 0.5) is 9.18 Å². The smallest absolute Gasteiger partial charge is 0.410 e. The number of benzene rings is 1. The zero-order chi connectivity index (χ0) is 32.0. The molecule has 1 fully saturated rings. The van der Waals surface area contributed by atoms with E-state index in [1.807, 2.05) is 33.0 Å². The fourth-order valence-electron chi connectivity index (χ4n) is 5.55. The first kappa shape index (κ1) is 33.1. The number of fused-ring (bicyclic) bond motifs is 1. The van der Waals surface area contributed by atoms with E-state index in [1.165, 1.54) is 24.0 Å². The second-order valence-corrected chi connectivity index (χ2v) is 12.0. The van der Waals surface area contributed by atoms with E-state index in [1.54, 1.807) is 24.0 Å². The summed E-state index contributed by atoms with van der Waals surface area (Å²) in [5, 5.41) is 17.6. The molecule has 1 aromatic heterocycles. The van der Waals surface area contributed by atoms with Gasteiger partial charge in [-0.25, -0.2) is 9.18 Å². The van der Waals surface area contributed by atoms with Crippen LogP contribution in [0.2, 0.25) is 0 Å². The van der Waals surface area contributed by atoms with Gasteiger partial charge in [0.25, 0.3) is 0 Å². The van der Waals surface area contributed by atoms with Gasteiger partial charge in [-0.05, 0) is 62.1 Å². The van der Waals surface area contributed by atoms with Crippen molar-refractivity contribution in [2.75, 3.05) is 40.3 Å². The number of halogens is 1. The normalized spacial score (nSPS) is 26.8. The highest BCUT2D eigenvalue weighted by Crippen LogP contribution is 2.27. The van der Waals surface area contributed by atoms with Crippen molar-refractivity contribution < 1.29 is 33.4 Å². The van der Waals surface area contributed by atoms with Crippen molar-refractivity contribution in [1.82, 2.24) is 24.9 Å². The molecule has 0 bridgehead atoms. The molecule has 4 rings (SSSR count). The Kier molecular flexibility index (Phi) is 11.1. The van der Waals surface area contributed by atoms with Crippen LogP contribution in [-0.4, -0.2) is 101 Å². The van der Waals surface area contributed by atoms with E-state index in [4.69, 9.17) is 9.47 Å². The maximum atomic E-state index is 15.0. The van der Waals surface area contributed by atoms with E-state index in [9.17, 15) is 19.5 Å². The molecule has 0 saturated carbocycles. The van der Waals surface area contributed by atoms with Crippen LogP contribution in [0.1, 0.15) is 45.6 Å². The van der Waals surface area contributed by atoms with E-state index < -0.39 is 30.1 Å². The van der Waals surface area contributed by atoms with Crippen molar-refractivity contribution >= 4 is 34.9 Å². The molecule has 1 aromatic carbocycles. The minimum atomic E-state index is -0.903. The van der Waals surface area contributed by atoms with Crippen molar-refractivity contribution in [2.24, 2.45) is 11.8 Å². The Labute approximate surface area is 257 Å². The Hall–Kier alpha value is -3.77. The number of likely N-dealkylation sites (N-methyl/N-ethyl adjacent to an activating group) is 2. The van der Waals surface area contributed by atoms with Gasteiger partial charge in [0.2, 0.25) is 5.91 Å². The predicted octanol–water partition coefficient (Wildman–Crippen LogP) is 3.36. The number of rotatable bonds is 5. The fourth-order valence-corrected chi connectivity index (χ4v) is 5.55. The van der Waals surface area contributed by atoms with Crippen LogP contribution >= 0.6 is 0 Å². The monoisotopic (exact) mass is 613 g/mol. The van der Waals surface area contributed by atoms with E-state index in [-0.39, 0.29) is 42.2 Å². The number of aliphatic hydroxyl groups is 1. The number of aliphatic hydroxyl groups excluding tert-OH is 1. The molecule has 2 aliphatic rings. The summed E-state index contributed by atoms with van der Waals surface area (Å²) in [4.78, 5) is 41.7. The zero-order valence-electron chi connectivity index (χ0n) is 26.2. The maximum absolute atomic E-state index is 15.0. The van der Waals surface area contributed by atoms with Gasteiger partial charge in [0.05, 0.1) is 29.6 Å². The quantitative estimate of drug-likeness (QED) is 0.389. The standard InChI is InChI=1S/C32H44FN5O6/c1-20-6-8-24(39)17-30(41)44-31(21(2)7-9-28(20)43-32(42)37-12-10-36(5)11-13-37)22(3)14-23-15-26(33)25-18-35-38(27(25)16-23)19-29(40)34-4/h7,9,14-16,18,20-21,24,28,31,39H,6,8,10-13,17,19H2,1-5H3,(H,34,40)/b9-7-,22-14+/t20-,21-,24+,28-,31-/m0/s1. The lowest BCUT2D eigenvalue weighted by atomic mass is 9.91. The van der Waals surface area contributed by atoms with Crippen LogP contribution in [0.5, 0.6) is 0 Å². The number of nitrogens with zero attached hydrogens (tertiary/aromatic N) is 4. The molecular weight excluding hydrogens is 569 g/mol. The Balaban J connectivity index is 1.60. The lowest BCUT2D eigenvalue weighted by molar-refractivity contribution is -0.151. The van der Waals surface area contributed by atoms with Gasteiger partial charge in [-0.15, -0.1) is 0 Å². The highest BCUT2D eigenvalue weighted by Gasteiger charge is 2.29. The first-order chi connectivity index (χ1) is 20.9. The van der Waals surface area contributed by atoms with Crippen LogP contribution < -0.4 is 5.32 Å². The Morgan fingerprint density at radius 1 is 1.18 bits per heavy atom. The molecule has 12 heteroatoms. The molecule has 2 amide bonds. The minimum absolute atomic E-state index is 0.0606. The number of aromatic nitrogens is 2. The lowest BCUT2D eigenvalue weighted by Gasteiger charge is -2.33. The molecule has 0 aliphatic carbocycles. The third-order valence-corrected chi connectivity index (χ3v) is 8.41. The molecule has 1 saturated heterocycles. The number of nitrogens with one attached hydrogen (secondary N) is 1. The number of cyclic esters (lactones) is 1. The summed E-state index contributed by atoms with van der Waals surface area (Å²) in [5.74, 6) is -1.72. The first-order valence-corrected chi connectivity index (χ1v) is 15.2. The molecule has 5 atom stereocenters. The summed E-state index contributed by atoms with van der Waals surface area (Å²) < 4.78 is 28.3. The number of esters is 1. The third kappa shape index (κ3) is 8.44. The number of carbonyl (C=O) groups excluding carboxylic acids is 3. The van der Waals surface area contributed by atoms with Crippen LogP contribution in [0.3, 0.4) is 0 Å². The summed E-state index contributed by atoms with van der Waals surface area (Å²) in [5.41, 5.74) is 1.62. The van der Waals surface area contributed by atoms with Gasteiger partial charge < -0.3 is 29.7 Å². The van der Waals surface area contributed by atoms with Gasteiger partial charge >= 0.3 is 12.1 Å². The lowest BCUT2D eigenvalue weighted by Crippen LogP contribution is -2.48. The van der Waals surface area contributed by atoms with Gasteiger partial charge in [0.1, 0.15) is 24.6 Å². The Morgan fingerprint density at radius 3 is 2.61 bits per heavy atom. The van der Waals surface area contributed by atoms with Crippen molar-refractivity contribution in [3.8, 4) is 0 Å². The van der Waals surface area contributed by atoms with Crippen LogP contribution in [0, 0.1) is 17.7 Å². The van der Waals surface area contributed by atoms with Crippen molar-refractivity contribution in [2.45, 2.75) is 64.9 Å². The molecule has 0 unspecified atom stereocenters. The highest BCUT2D eigenvalue weighted by molar-refractivity contribution is 5.84. The molecular formula is C32H44FN5O6. The first-order valence-electron chi connectivity index (χ1n) is 15.2. The van der Waals surface area contributed by atoms with Gasteiger partial charge in [-0.2, -0.15) is 5.10 Å². The second kappa shape index (κ2) is 14.8. The second-order valence-electron chi connectivity index (χ2n) is 12.0. The summed E-state index contributed by atoms with van der Waals surface area (Å²) in [6.07, 6.45) is 5.04. The van der Waals surface area contributed by atoms with Gasteiger partial charge in [-0.1, -0.05) is 26.0 Å². The molecule has 240 valence electrons. The minimum Gasteiger partial charge on any atom is -0.457 e. The fraction of sp³-hybridized carbons (Fsp3) is 0.562. The molecule has 2 aliphatic heterocycles. The summed E-state index contributed by atoms with van der Waals surface area (Å²) >= 11 is 0. The van der Waals surface area contributed by atoms with Crippen molar-refractivity contribution in [3.05, 3.63) is 47.4 Å². The Bertz CT molecular complexity index is 1400. The van der Waals surface area contributed by atoms with E-state index in [0.29, 0.717) is 42.6 Å². The van der Waals surface area contributed by atoms with E-state index in [0.717, 1.165) is 13.1 Å². The average Bonchev–Trinajstić information content (AvgIpc) is 3.38. The van der Waals surface area contributed by atoms with Crippen LogP contribution in [0.15, 0.2) is 36.1 Å². The largest absolute Gasteiger partial charge is 0.457 e. The molecule has 0 radical (unpaired) electrons. The summed E-state index contributed by atoms with van der Waals surface area (Å²) in [6.45, 7) is 8.33. The molecule has 2 aromatic rings. The van der Waals surface area contributed by atoms with Crippen LogP contribution in [0.25, 0.3) is 17.0 Å². The molecule has 0 spiro atoms. The van der Waals surface area contributed by atoms with E-state index >= 15 is 4.39 Å². The van der Waals surface area contributed by atoms with Crippen LogP contribution in [-0.2, 0) is 25.6 Å². The number of hydrogen-bond donors (Lipinski definition) is 2. The number of hydrogen-bond acceptors (Lipinski definition) is 8. The molecule has 11 nitrogen and oxygen atoms in total. The topological polar surface area (TPSA) is 126 Å².